The van der Waals surface area contributed by atoms with Crippen LogP contribution in [0.5, 0.6) is 0 Å². The van der Waals surface area contributed by atoms with Gasteiger partial charge in [0.15, 0.2) is 0 Å². The van der Waals surface area contributed by atoms with E-state index in [0.717, 1.165) is 18.7 Å². The quantitative estimate of drug-likeness (QED) is 0.888. The number of hydrogen-bond donors (Lipinski definition) is 1. The third kappa shape index (κ3) is 3.11. The van der Waals surface area contributed by atoms with Crippen LogP contribution in [0, 0.1) is 5.82 Å². The molecule has 0 spiro atoms. The van der Waals surface area contributed by atoms with E-state index in [1.807, 2.05) is 14.1 Å². The number of amides is 1. The largest absolute Gasteiger partial charge is 0.318 e. The number of anilines is 1. The van der Waals surface area contributed by atoms with Gasteiger partial charge in [-0.25, -0.2) is 4.39 Å². The van der Waals surface area contributed by atoms with E-state index in [1.165, 1.54) is 12.1 Å². The first-order valence-electron chi connectivity index (χ1n) is 6.55. The lowest BCUT2D eigenvalue weighted by Crippen LogP contribution is -2.49. The van der Waals surface area contributed by atoms with E-state index in [2.05, 4.69) is 10.2 Å². The summed E-state index contributed by atoms with van der Waals surface area (Å²) in [4.78, 5) is 16.4. The van der Waals surface area contributed by atoms with Crippen LogP contribution in [0.2, 0.25) is 0 Å². The molecule has 1 fully saturated rings. The third-order valence-corrected chi connectivity index (χ3v) is 3.51. The molecular formula is C14H20FN3O. The number of halogens is 1. The molecule has 19 heavy (non-hydrogen) atoms. The van der Waals surface area contributed by atoms with Crippen molar-refractivity contribution < 1.29 is 9.18 Å². The molecule has 1 heterocycles. The minimum absolute atomic E-state index is 0.0703. The normalized spacial score (nSPS) is 21.5. The predicted molar refractivity (Wildman–Crippen MR) is 73.7 cm³/mol. The number of carbonyl (C=O) groups is 1. The second kappa shape index (κ2) is 6.12. The SMILES string of the molecule is CNCC1C(=O)N(c2ccc(F)cc2)CCCN1C. The fourth-order valence-electron chi connectivity index (χ4n) is 2.43. The highest BCUT2D eigenvalue weighted by Crippen LogP contribution is 2.19. The number of rotatable bonds is 3. The van der Waals surface area contributed by atoms with Gasteiger partial charge in [0.05, 0.1) is 0 Å². The highest BCUT2D eigenvalue weighted by molar-refractivity contribution is 5.97. The predicted octanol–water partition coefficient (Wildman–Crippen LogP) is 1.08. The van der Waals surface area contributed by atoms with Gasteiger partial charge in [-0.15, -0.1) is 0 Å². The van der Waals surface area contributed by atoms with Crippen molar-refractivity contribution in [2.75, 3.05) is 38.6 Å². The van der Waals surface area contributed by atoms with Crippen molar-refractivity contribution in [1.82, 2.24) is 10.2 Å². The number of carbonyl (C=O) groups excluding carboxylic acids is 1. The minimum Gasteiger partial charge on any atom is -0.318 e. The summed E-state index contributed by atoms with van der Waals surface area (Å²) < 4.78 is 13.0. The van der Waals surface area contributed by atoms with Gasteiger partial charge < -0.3 is 10.2 Å². The number of benzene rings is 1. The lowest BCUT2D eigenvalue weighted by molar-refractivity contribution is -0.122. The fourth-order valence-corrected chi connectivity index (χ4v) is 2.43. The van der Waals surface area contributed by atoms with Crippen molar-refractivity contribution in [3.8, 4) is 0 Å². The second-order valence-corrected chi connectivity index (χ2v) is 4.87. The van der Waals surface area contributed by atoms with Crippen molar-refractivity contribution in [2.45, 2.75) is 12.5 Å². The van der Waals surface area contributed by atoms with E-state index in [1.54, 1.807) is 17.0 Å². The summed E-state index contributed by atoms with van der Waals surface area (Å²) in [5.74, 6) is -0.212. The van der Waals surface area contributed by atoms with E-state index in [9.17, 15) is 9.18 Å². The molecule has 0 aliphatic carbocycles. The Labute approximate surface area is 113 Å². The summed E-state index contributed by atoms with van der Waals surface area (Å²) >= 11 is 0. The fraction of sp³-hybridized carbons (Fsp3) is 0.500. The highest BCUT2D eigenvalue weighted by Gasteiger charge is 2.30. The maximum Gasteiger partial charge on any atom is 0.245 e. The van der Waals surface area contributed by atoms with E-state index in [0.29, 0.717) is 13.1 Å². The first-order valence-corrected chi connectivity index (χ1v) is 6.55. The molecule has 1 N–H and O–H groups in total. The van der Waals surface area contributed by atoms with Crippen LogP contribution in [-0.4, -0.2) is 50.6 Å². The molecule has 2 rings (SSSR count). The lowest BCUT2D eigenvalue weighted by Gasteiger charge is -2.28. The summed E-state index contributed by atoms with van der Waals surface area (Å²) in [5, 5.41) is 3.06. The maximum absolute atomic E-state index is 13.0. The Bertz CT molecular complexity index is 435. The standard InChI is InChI=1S/C14H20FN3O/c1-16-10-13-14(19)18(9-3-8-17(13)2)12-6-4-11(15)5-7-12/h4-7,13,16H,3,8-10H2,1-2H3. The van der Waals surface area contributed by atoms with Crippen LogP contribution in [0.4, 0.5) is 10.1 Å². The zero-order valence-electron chi connectivity index (χ0n) is 11.4. The van der Waals surface area contributed by atoms with Crippen LogP contribution < -0.4 is 10.2 Å². The Morgan fingerprint density at radius 1 is 1.32 bits per heavy atom. The third-order valence-electron chi connectivity index (χ3n) is 3.51. The zero-order chi connectivity index (χ0) is 13.8. The van der Waals surface area contributed by atoms with Gasteiger partial charge in [-0.3, -0.25) is 9.69 Å². The lowest BCUT2D eigenvalue weighted by atomic mass is 10.2. The van der Waals surface area contributed by atoms with Gasteiger partial charge in [-0.2, -0.15) is 0 Å². The van der Waals surface area contributed by atoms with Crippen LogP contribution in [0.25, 0.3) is 0 Å². The number of nitrogens with zero attached hydrogens (tertiary/aromatic N) is 2. The molecule has 1 aliphatic rings. The average Bonchev–Trinajstić information content (AvgIpc) is 2.53. The Kier molecular flexibility index (Phi) is 4.50. The van der Waals surface area contributed by atoms with E-state index in [4.69, 9.17) is 0 Å². The molecular weight excluding hydrogens is 245 g/mol. The number of likely N-dealkylation sites (N-methyl/N-ethyl adjacent to an activating group) is 2. The van der Waals surface area contributed by atoms with Crippen molar-refractivity contribution in [3.05, 3.63) is 30.1 Å². The Morgan fingerprint density at radius 3 is 2.63 bits per heavy atom. The topological polar surface area (TPSA) is 35.6 Å². The summed E-state index contributed by atoms with van der Waals surface area (Å²) in [7, 11) is 3.81. The monoisotopic (exact) mass is 265 g/mol. The summed E-state index contributed by atoms with van der Waals surface area (Å²) in [5.41, 5.74) is 0.766. The molecule has 0 bridgehead atoms. The molecule has 1 atom stereocenters. The minimum atomic E-state index is -0.282. The van der Waals surface area contributed by atoms with Gasteiger partial charge in [0.2, 0.25) is 5.91 Å². The number of hydrogen-bond acceptors (Lipinski definition) is 3. The summed E-state index contributed by atoms with van der Waals surface area (Å²) in [6.45, 7) is 2.18. The van der Waals surface area contributed by atoms with Crippen LogP contribution in [0.15, 0.2) is 24.3 Å². The molecule has 5 heteroatoms. The molecule has 1 aromatic carbocycles. The maximum atomic E-state index is 13.0. The van der Waals surface area contributed by atoms with Crippen LogP contribution in [0.3, 0.4) is 0 Å². The molecule has 0 radical (unpaired) electrons. The van der Waals surface area contributed by atoms with Gasteiger partial charge in [0.1, 0.15) is 11.9 Å². The van der Waals surface area contributed by atoms with Gasteiger partial charge in [-0.05, 0) is 44.8 Å². The molecule has 1 saturated heterocycles. The Morgan fingerprint density at radius 2 is 2.00 bits per heavy atom. The molecule has 104 valence electrons. The summed E-state index contributed by atoms with van der Waals surface area (Å²) in [6, 6.07) is 5.94. The van der Waals surface area contributed by atoms with Gasteiger partial charge >= 0.3 is 0 Å². The van der Waals surface area contributed by atoms with E-state index in [-0.39, 0.29) is 17.8 Å². The zero-order valence-corrected chi connectivity index (χ0v) is 11.4. The van der Waals surface area contributed by atoms with Crippen molar-refractivity contribution in [3.63, 3.8) is 0 Å². The highest BCUT2D eigenvalue weighted by atomic mass is 19.1. The molecule has 1 amide bonds. The van der Waals surface area contributed by atoms with E-state index < -0.39 is 0 Å². The van der Waals surface area contributed by atoms with E-state index >= 15 is 0 Å². The Balaban J connectivity index is 2.24. The van der Waals surface area contributed by atoms with Crippen LogP contribution in [0.1, 0.15) is 6.42 Å². The van der Waals surface area contributed by atoms with Crippen molar-refractivity contribution >= 4 is 11.6 Å². The molecule has 0 saturated carbocycles. The molecule has 0 aromatic heterocycles. The first kappa shape index (κ1) is 14.0. The smallest absolute Gasteiger partial charge is 0.245 e. The molecule has 1 unspecified atom stereocenters. The van der Waals surface area contributed by atoms with Gasteiger partial charge in [-0.1, -0.05) is 0 Å². The molecule has 1 aromatic rings. The van der Waals surface area contributed by atoms with Gasteiger partial charge in [0, 0.05) is 25.3 Å². The molecule has 4 nitrogen and oxygen atoms in total. The molecule has 1 aliphatic heterocycles. The number of nitrogens with one attached hydrogen (secondary N) is 1. The van der Waals surface area contributed by atoms with Crippen molar-refractivity contribution in [2.24, 2.45) is 0 Å². The summed E-state index contributed by atoms with van der Waals surface area (Å²) in [6.07, 6.45) is 0.916. The Hall–Kier alpha value is -1.46. The first-order chi connectivity index (χ1) is 9.13. The van der Waals surface area contributed by atoms with Crippen molar-refractivity contribution in [1.29, 1.82) is 0 Å². The van der Waals surface area contributed by atoms with Crippen LogP contribution in [-0.2, 0) is 4.79 Å². The average molecular weight is 265 g/mol. The van der Waals surface area contributed by atoms with Gasteiger partial charge in [0.25, 0.3) is 0 Å². The van der Waals surface area contributed by atoms with Crippen LogP contribution >= 0.6 is 0 Å². The second-order valence-electron chi connectivity index (χ2n) is 4.87.